The van der Waals surface area contributed by atoms with Gasteiger partial charge in [0.05, 0.1) is 0 Å². The van der Waals surface area contributed by atoms with Gasteiger partial charge in [-0.1, -0.05) is 25.1 Å². The predicted octanol–water partition coefficient (Wildman–Crippen LogP) is 4.12. The molecule has 4 rings (SSSR count). The number of hydrogen-bond donors (Lipinski definition) is 0. The number of carbonyl (C=O) groups is 1. The van der Waals surface area contributed by atoms with Gasteiger partial charge in [0, 0.05) is 37.0 Å². The minimum atomic E-state index is -3.76. The Morgan fingerprint density at radius 1 is 1.19 bits per heavy atom. The van der Waals surface area contributed by atoms with E-state index in [9.17, 15) is 13.2 Å². The van der Waals surface area contributed by atoms with E-state index >= 15 is 0 Å². The van der Waals surface area contributed by atoms with E-state index in [1.165, 1.54) is 4.31 Å². The molecule has 2 aromatic rings. The molecule has 32 heavy (non-hydrogen) atoms. The molecule has 2 aromatic heterocycles. The smallest absolute Gasteiger partial charge is 0.248 e. The van der Waals surface area contributed by atoms with Gasteiger partial charge in [-0.25, -0.2) is 8.42 Å². The fourth-order valence-corrected chi connectivity index (χ4v) is 7.25. The highest BCUT2D eigenvalue weighted by Crippen LogP contribution is 2.31. The summed E-state index contributed by atoms with van der Waals surface area (Å²) in [6.45, 7) is 8.30. The molecular formula is C23H31N3O4S2. The SMILES string of the molecule is Cc1noc(/C=C/c2cccs2)c1S(=O)(=O)N1CCC(C(=O)N2C[C@H](C)C[C@@H](C)C2)CC1. The van der Waals surface area contributed by atoms with Crippen molar-refractivity contribution in [2.24, 2.45) is 17.8 Å². The van der Waals surface area contributed by atoms with Crippen LogP contribution in [0.3, 0.4) is 0 Å². The van der Waals surface area contributed by atoms with Crippen molar-refractivity contribution in [3.63, 3.8) is 0 Å². The van der Waals surface area contributed by atoms with Crippen LogP contribution in [0.5, 0.6) is 0 Å². The van der Waals surface area contributed by atoms with Gasteiger partial charge in [0.2, 0.25) is 15.9 Å². The van der Waals surface area contributed by atoms with Gasteiger partial charge in [-0.3, -0.25) is 4.79 Å². The lowest BCUT2D eigenvalue weighted by molar-refractivity contribution is -0.139. The molecule has 0 saturated carbocycles. The maximum Gasteiger partial charge on any atom is 0.248 e. The molecule has 9 heteroatoms. The lowest BCUT2D eigenvalue weighted by atomic mass is 9.89. The molecule has 1 amide bonds. The number of sulfonamides is 1. The van der Waals surface area contributed by atoms with E-state index in [2.05, 4.69) is 19.0 Å². The van der Waals surface area contributed by atoms with Crippen molar-refractivity contribution in [3.8, 4) is 0 Å². The molecule has 0 aliphatic carbocycles. The zero-order valence-corrected chi connectivity index (χ0v) is 20.5. The first-order valence-electron chi connectivity index (χ1n) is 11.2. The summed E-state index contributed by atoms with van der Waals surface area (Å²) >= 11 is 1.56. The first-order chi connectivity index (χ1) is 15.3. The van der Waals surface area contributed by atoms with Gasteiger partial charge in [0.25, 0.3) is 0 Å². The molecule has 2 aliphatic heterocycles. The standard InChI is InChI=1S/C23H31N3O4S2/c1-16-13-17(2)15-25(14-16)23(27)19-8-10-26(11-9-19)32(28,29)22-18(3)24-30-21(22)7-6-20-5-4-12-31-20/h4-7,12,16-17,19H,8-11,13-15H2,1-3H3/b7-6+/t16-,17-/m1/s1. The highest BCUT2D eigenvalue weighted by Gasteiger charge is 2.37. The minimum absolute atomic E-state index is 0.110. The molecular weight excluding hydrogens is 446 g/mol. The highest BCUT2D eigenvalue weighted by molar-refractivity contribution is 7.89. The fraction of sp³-hybridized carbons (Fsp3) is 0.565. The van der Waals surface area contributed by atoms with Crippen molar-refractivity contribution in [3.05, 3.63) is 33.8 Å². The van der Waals surface area contributed by atoms with Crippen LogP contribution in [-0.4, -0.2) is 54.9 Å². The Labute approximate surface area is 194 Å². The molecule has 7 nitrogen and oxygen atoms in total. The number of hydrogen-bond acceptors (Lipinski definition) is 6. The lowest BCUT2D eigenvalue weighted by Crippen LogP contribution is -2.48. The summed E-state index contributed by atoms with van der Waals surface area (Å²) in [6.07, 6.45) is 5.73. The second-order valence-electron chi connectivity index (χ2n) is 9.18. The van der Waals surface area contributed by atoms with E-state index in [-0.39, 0.29) is 22.5 Å². The molecule has 0 unspecified atom stereocenters. The van der Waals surface area contributed by atoms with E-state index in [0.717, 1.165) is 24.4 Å². The molecule has 2 fully saturated rings. The normalized spacial score (nSPS) is 23.8. The van der Waals surface area contributed by atoms with Crippen molar-refractivity contribution in [1.82, 2.24) is 14.4 Å². The Morgan fingerprint density at radius 3 is 2.50 bits per heavy atom. The van der Waals surface area contributed by atoms with E-state index in [4.69, 9.17) is 4.52 Å². The summed E-state index contributed by atoms with van der Waals surface area (Å²) in [5.74, 6) is 1.34. The number of nitrogens with zero attached hydrogens (tertiary/aromatic N) is 3. The van der Waals surface area contributed by atoms with Gasteiger partial charge in [0.1, 0.15) is 5.69 Å². The largest absolute Gasteiger partial charge is 0.355 e. The van der Waals surface area contributed by atoms with Gasteiger partial charge < -0.3 is 9.42 Å². The number of piperidine rings is 2. The van der Waals surface area contributed by atoms with Crippen molar-refractivity contribution < 1.29 is 17.7 Å². The van der Waals surface area contributed by atoms with Gasteiger partial charge in [-0.15, -0.1) is 11.3 Å². The van der Waals surface area contributed by atoms with Crippen LogP contribution in [0.4, 0.5) is 0 Å². The first kappa shape index (κ1) is 23.2. The zero-order chi connectivity index (χ0) is 22.9. The molecule has 0 bridgehead atoms. The summed E-state index contributed by atoms with van der Waals surface area (Å²) in [5.41, 5.74) is 0.352. The Hall–Kier alpha value is -1.97. The van der Waals surface area contributed by atoms with Crippen molar-refractivity contribution >= 4 is 39.4 Å². The van der Waals surface area contributed by atoms with Crippen molar-refractivity contribution in [2.75, 3.05) is 26.2 Å². The average molecular weight is 478 g/mol. The van der Waals surface area contributed by atoms with Crippen LogP contribution in [0.15, 0.2) is 26.9 Å². The topological polar surface area (TPSA) is 83.7 Å². The molecule has 4 heterocycles. The summed E-state index contributed by atoms with van der Waals surface area (Å²) < 4.78 is 33.6. The summed E-state index contributed by atoms with van der Waals surface area (Å²) in [5, 5.41) is 5.86. The predicted molar refractivity (Wildman–Crippen MR) is 125 cm³/mol. The van der Waals surface area contributed by atoms with Crippen LogP contribution in [0.1, 0.15) is 49.4 Å². The van der Waals surface area contributed by atoms with Crippen molar-refractivity contribution in [1.29, 1.82) is 0 Å². The molecule has 0 radical (unpaired) electrons. The molecule has 174 valence electrons. The third kappa shape index (κ3) is 4.84. The molecule has 2 atom stereocenters. The van der Waals surface area contributed by atoms with E-state index in [1.807, 2.05) is 28.5 Å². The van der Waals surface area contributed by atoms with Crippen LogP contribution in [0, 0.1) is 24.7 Å². The Balaban J connectivity index is 1.44. The van der Waals surface area contributed by atoms with Gasteiger partial charge in [-0.2, -0.15) is 4.31 Å². The van der Waals surface area contributed by atoms with Gasteiger partial charge in [-0.05, 0) is 61.6 Å². The Kier molecular flexibility index (Phi) is 6.88. The number of aromatic nitrogens is 1. The summed E-state index contributed by atoms with van der Waals surface area (Å²) in [6, 6.07) is 3.88. The van der Waals surface area contributed by atoms with E-state index < -0.39 is 10.0 Å². The number of aryl methyl sites for hydroxylation is 1. The molecule has 0 N–H and O–H groups in total. The Morgan fingerprint density at radius 2 is 1.88 bits per heavy atom. The van der Waals surface area contributed by atoms with E-state index in [0.29, 0.717) is 43.5 Å². The zero-order valence-electron chi connectivity index (χ0n) is 18.9. The van der Waals surface area contributed by atoms with Crippen LogP contribution in [0.25, 0.3) is 12.2 Å². The maximum absolute atomic E-state index is 13.4. The quantitative estimate of drug-likeness (QED) is 0.647. The van der Waals surface area contributed by atoms with Gasteiger partial charge in [0.15, 0.2) is 10.7 Å². The van der Waals surface area contributed by atoms with Crippen LogP contribution >= 0.6 is 11.3 Å². The third-order valence-electron chi connectivity index (χ3n) is 6.36. The van der Waals surface area contributed by atoms with E-state index in [1.54, 1.807) is 24.3 Å². The molecule has 0 aromatic carbocycles. The average Bonchev–Trinajstić information content (AvgIpc) is 3.40. The van der Waals surface area contributed by atoms with Crippen LogP contribution < -0.4 is 0 Å². The molecule has 2 aliphatic rings. The lowest BCUT2D eigenvalue weighted by Gasteiger charge is -2.39. The fourth-order valence-electron chi connectivity index (χ4n) is 4.92. The molecule has 0 spiro atoms. The van der Waals surface area contributed by atoms with Crippen LogP contribution in [0.2, 0.25) is 0 Å². The number of amides is 1. The second-order valence-corrected chi connectivity index (χ2v) is 12.0. The second kappa shape index (κ2) is 9.49. The summed E-state index contributed by atoms with van der Waals surface area (Å²) in [7, 11) is -3.76. The Bertz CT molecular complexity index is 1060. The maximum atomic E-state index is 13.4. The molecule has 2 saturated heterocycles. The van der Waals surface area contributed by atoms with Crippen molar-refractivity contribution in [2.45, 2.75) is 44.9 Å². The van der Waals surface area contributed by atoms with Gasteiger partial charge >= 0.3 is 0 Å². The highest BCUT2D eigenvalue weighted by atomic mass is 32.2. The number of thiophene rings is 1. The van der Waals surface area contributed by atoms with Crippen LogP contribution in [-0.2, 0) is 14.8 Å². The summed E-state index contributed by atoms with van der Waals surface area (Å²) in [4.78, 5) is 16.2. The first-order valence-corrected chi connectivity index (χ1v) is 13.5. The minimum Gasteiger partial charge on any atom is -0.355 e. The number of likely N-dealkylation sites (tertiary alicyclic amines) is 1. The number of rotatable bonds is 5. The number of carbonyl (C=O) groups excluding carboxylic acids is 1. The third-order valence-corrected chi connectivity index (χ3v) is 9.25. The monoisotopic (exact) mass is 477 g/mol.